The lowest BCUT2D eigenvalue weighted by Gasteiger charge is -2.42. The van der Waals surface area contributed by atoms with Gasteiger partial charge in [0.2, 0.25) is 11.8 Å². The van der Waals surface area contributed by atoms with Crippen molar-refractivity contribution >= 4 is 27.7 Å². The van der Waals surface area contributed by atoms with Crippen LogP contribution in [0.5, 0.6) is 5.75 Å². The van der Waals surface area contributed by atoms with E-state index in [2.05, 4.69) is 37.6 Å². The van der Waals surface area contributed by atoms with Gasteiger partial charge < -0.3 is 20.3 Å². The Bertz CT molecular complexity index is 985. The van der Waals surface area contributed by atoms with Gasteiger partial charge in [0.1, 0.15) is 11.3 Å². The molecule has 0 aliphatic carbocycles. The van der Waals surface area contributed by atoms with Gasteiger partial charge in [-0.05, 0) is 83.9 Å². The zero-order valence-corrected chi connectivity index (χ0v) is 20.6. The van der Waals surface area contributed by atoms with Crippen LogP contribution in [-0.4, -0.2) is 60.5 Å². The van der Waals surface area contributed by atoms with E-state index in [1.54, 1.807) is 19.5 Å². The lowest BCUT2D eigenvalue weighted by molar-refractivity contribution is -0.144. The van der Waals surface area contributed by atoms with E-state index in [9.17, 15) is 9.59 Å². The first kappa shape index (κ1) is 23.7. The highest BCUT2D eigenvalue weighted by Crippen LogP contribution is 2.35. The van der Waals surface area contributed by atoms with Crippen LogP contribution in [0.3, 0.4) is 0 Å². The molecule has 0 saturated carbocycles. The quantitative estimate of drug-likeness (QED) is 0.618. The summed E-state index contributed by atoms with van der Waals surface area (Å²) in [6, 6.07) is 10.0. The number of aromatic nitrogens is 1. The molecule has 176 valence electrons. The maximum atomic E-state index is 13.7. The van der Waals surface area contributed by atoms with Crippen molar-refractivity contribution in [3.63, 3.8) is 0 Å². The number of benzene rings is 1. The summed E-state index contributed by atoms with van der Waals surface area (Å²) in [5.41, 5.74) is 1.18. The molecule has 0 bridgehead atoms. The van der Waals surface area contributed by atoms with Gasteiger partial charge in [0.25, 0.3) is 0 Å². The molecule has 1 aromatic heterocycles. The van der Waals surface area contributed by atoms with E-state index in [4.69, 9.17) is 4.74 Å². The van der Waals surface area contributed by atoms with Gasteiger partial charge >= 0.3 is 0 Å². The van der Waals surface area contributed by atoms with Crippen LogP contribution in [0, 0.1) is 0 Å². The van der Waals surface area contributed by atoms with E-state index in [0.29, 0.717) is 44.9 Å². The molecule has 2 N–H and O–H groups in total. The van der Waals surface area contributed by atoms with Crippen LogP contribution >= 0.6 is 15.9 Å². The first-order chi connectivity index (χ1) is 16.0. The minimum atomic E-state index is -0.848. The minimum Gasteiger partial charge on any atom is -0.496 e. The van der Waals surface area contributed by atoms with Gasteiger partial charge in [-0.1, -0.05) is 18.2 Å². The normalized spacial score (nSPS) is 18.5. The number of amides is 2. The van der Waals surface area contributed by atoms with Crippen molar-refractivity contribution in [3.05, 3.63) is 58.3 Å². The lowest BCUT2D eigenvalue weighted by Crippen LogP contribution is -2.64. The molecule has 2 amide bonds. The molecule has 2 aliphatic heterocycles. The zero-order chi connectivity index (χ0) is 23.3. The topological polar surface area (TPSA) is 83.6 Å². The Labute approximate surface area is 203 Å². The molecule has 1 aromatic carbocycles. The van der Waals surface area contributed by atoms with E-state index in [1.807, 2.05) is 29.2 Å². The number of carbonyl (C=O) groups is 2. The Kier molecular flexibility index (Phi) is 7.65. The third kappa shape index (κ3) is 5.55. The lowest BCUT2D eigenvalue weighted by atomic mass is 9.84. The molecule has 0 spiro atoms. The smallest absolute Gasteiger partial charge is 0.248 e. The predicted octanol–water partition coefficient (Wildman–Crippen LogP) is 3.04. The largest absolute Gasteiger partial charge is 0.496 e. The molecule has 7 nitrogen and oxygen atoms in total. The minimum absolute atomic E-state index is 0.0446. The second-order valence-electron chi connectivity index (χ2n) is 8.88. The van der Waals surface area contributed by atoms with Crippen LogP contribution in [0.4, 0.5) is 0 Å². The number of ether oxygens (including phenoxy) is 1. The highest BCUT2D eigenvalue weighted by Gasteiger charge is 2.44. The summed E-state index contributed by atoms with van der Waals surface area (Å²) >= 11 is 3.40. The summed E-state index contributed by atoms with van der Waals surface area (Å²) in [5, 5.41) is 6.44. The molecule has 33 heavy (non-hydrogen) atoms. The van der Waals surface area contributed by atoms with Crippen molar-refractivity contribution in [1.29, 1.82) is 0 Å². The second kappa shape index (κ2) is 10.7. The molecular weight excluding hydrogens is 484 g/mol. The predicted molar refractivity (Wildman–Crippen MR) is 130 cm³/mol. The SMILES string of the molecule is COc1ccccc1C1CCN(C(=O)C2(NC(=O)Cc3cncc(Br)c3)CCNCC2)CC1. The molecule has 3 heterocycles. The van der Waals surface area contributed by atoms with Crippen molar-refractivity contribution in [3.8, 4) is 5.75 Å². The number of halogens is 1. The molecular formula is C25H31BrN4O3. The number of rotatable bonds is 6. The molecule has 8 heteroatoms. The molecule has 0 radical (unpaired) electrons. The number of nitrogens with zero attached hydrogens (tertiary/aromatic N) is 2. The van der Waals surface area contributed by atoms with Gasteiger partial charge in [-0.2, -0.15) is 0 Å². The van der Waals surface area contributed by atoms with Crippen LogP contribution < -0.4 is 15.4 Å². The fourth-order valence-corrected chi connectivity index (χ4v) is 5.41. The van der Waals surface area contributed by atoms with E-state index < -0.39 is 5.54 Å². The van der Waals surface area contributed by atoms with E-state index in [1.165, 1.54) is 5.56 Å². The Morgan fingerprint density at radius 3 is 2.64 bits per heavy atom. The standard InChI is InChI=1S/C25H31BrN4O3/c1-33-22-5-3-2-4-21(22)19-6-12-30(13-7-19)24(32)25(8-10-27-11-9-25)29-23(31)15-18-14-20(26)17-28-16-18/h2-5,14,16-17,19,27H,6-13,15H2,1H3,(H,29,31). The molecule has 0 atom stereocenters. The zero-order valence-electron chi connectivity index (χ0n) is 19.0. The summed E-state index contributed by atoms with van der Waals surface area (Å²) in [6.07, 6.45) is 6.54. The molecule has 2 fully saturated rings. The summed E-state index contributed by atoms with van der Waals surface area (Å²) in [7, 11) is 1.70. The van der Waals surface area contributed by atoms with E-state index in [0.717, 1.165) is 28.6 Å². The number of pyridine rings is 1. The second-order valence-corrected chi connectivity index (χ2v) is 9.79. The number of nitrogens with one attached hydrogen (secondary N) is 2. The van der Waals surface area contributed by atoms with Crippen molar-refractivity contribution in [2.24, 2.45) is 0 Å². The van der Waals surface area contributed by atoms with Gasteiger partial charge in [-0.15, -0.1) is 0 Å². The molecule has 4 rings (SSSR count). The Morgan fingerprint density at radius 2 is 1.94 bits per heavy atom. The van der Waals surface area contributed by atoms with Crippen LogP contribution in [0.25, 0.3) is 0 Å². The van der Waals surface area contributed by atoms with Crippen molar-refractivity contribution in [2.45, 2.75) is 43.6 Å². The average Bonchev–Trinajstić information content (AvgIpc) is 2.84. The summed E-state index contributed by atoms with van der Waals surface area (Å²) in [6.45, 7) is 2.79. The number of para-hydroxylation sites is 1. The third-order valence-corrected chi connectivity index (χ3v) is 7.17. The maximum absolute atomic E-state index is 13.7. The number of likely N-dealkylation sites (tertiary alicyclic amines) is 1. The molecule has 2 saturated heterocycles. The highest BCUT2D eigenvalue weighted by molar-refractivity contribution is 9.10. The fourth-order valence-electron chi connectivity index (χ4n) is 4.99. The number of methoxy groups -OCH3 is 1. The number of carbonyl (C=O) groups excluding carboxylic acids is 2. The maximum Gasteiger partial charge on any atom is 0.248 e. The van der Waals surface area contributed by atoms with Crippen LogP contribution in [0.2, 0.25) is 0 Å². The van der Waals surface area contributed by atoms with Gasteiger partial charge in [-0.3, -0.25) is 14.6 Å². The van der Waals surface area contributed by atoms with Gasteiger partial charge in [0, 0.05) is 30.0 Å². The van der Waals surface area contributed by atoms with Crippen LogP contribution in [0.15, 0.2) is 47.2 Å². The average molecular weight is 515 g/mol. The number of hydrogen-bond acceptors (Lipinski definition) is 5. The number of hydrogen-bond donors (Lipinski definition) is 2. The third-order valence-electron chi connectivity index (χ3n) is 6.73. The van der Waals surface area contributed by atoms with Crippen LogP contribution in [0.1, 0.15) is 42.7 Å². The Hall–Kier alpha value is -2.45. The van der Waals surface area contributed by atoms with Crippen molar-refractivity contribution in [2.75, 3.05) is 33.3 Å². The summed E-state index contributed by atoms with van der Waals surface area (Å²) in [4.78, 5) is 32.7. The van der Waals surface area contributed by atoms with Gasteiger partial charge in [0.05, 0.1) is 13.5 Å². The molecule has 2 aromatic rings. The van der Waals surface area contributed by atoms with E-state index >= 15 is 0 Å². The fraction of sp³-hybridized carbons (Fsp3) is 0.480. The summed E-state index contributed by atoms with van der Waals surface area (Å²) < 4.78 is 6.37. The van der Waals surface area contributed by atoms with Gasteiger partial charge in [0.15, 0.2) is 0 Å². The van der Waals surface area contributed by atoms with Crippen molar-refractivity contribution < 1.29 is 14.3 Å². The van der Waals surface area contributed by atoms with Crippen LogP contribution in [-0.2, 0) is 16.0 Å². The highest BCUT2D eigenvalue weighted by atomic mass is 79.9. The first-order valence-corrected chi connectivity index (χ1v) is 12.3. The van der Waals surface area contributed by atoms with Crippen molar-refractivity contribution in [1.82, 2.24) is 20.5 Å². The Morgan fingerprint density at radius 1 is 1.21 bits per heavy atom. The van der Waals surface area contributed by atoms with E-state index in [-0.39, 0.29) is 18.2 Å². The number of piperidine rings is 2. The van der Waals surface area contributed by atoms with Gasteiger partial charge in [-0.25, -0.2) is 0 Å². The Balaban J connectivity index is 1.43. The molecule has 2 aliphatic rings. The first-order valence-electron chi connectivity index (χ1n) is 11.5. The summed E-state index contributed by atoms with van der Waals surface area (Å²) in [5.74, 6) is 1.18. The monoisotopic (exact) mass is 514 g/mol. The molecule has 0 unspecified atom stereocenters.